The average molecular weight is 312 g/mol. The summed E-state index contributed by atoms with van der Waals surface area (Å²) in [6.07, 6.45) is 4.19. The van der Waals surface area contributed by atoms with E-state index in [0.29, 0.717) is 17.8 Å². The highest BCUT2D eigenvalue weighted by Crippen LogP contribution is 2.14. The molecule has 0 bridgehead atoms. The van der Waals surface area contributed by atoms with Crippen molar-refractivity contribution in [2.45, 2.75) is 13.0 Å². The molecule has 112 valence electrons. The van der Waals surface area contributed by atoms with Crippen molar-refractivity contribution in [2.24, 2.45) is 0 Å². The first-order valence-corrected chi connectivity index (χ1v) is 7.75. The minimum atomic E-state index is -0.417. The number of amides is 1. The van der Waals surface area contributed by atoms with Gasteiger partial charge in [0, 0.05) is 6.54 Å². The minimum Gasteiger partial charge on any atom is -0.445 e. The molecule has 0 atom stereocenters. The molecule has 0 saturated carbocycles. The number of nitrogens with one attached hydrogen (secondary N) is 1. The lowest BCUT2D eigenvalue weighted by Gasteiger charge is -2.05. The van der Waals surface area contributed by atoms with Crippen molar-refractivity contribution in [2.75, 3.05) is 6.54 Å². The molecule has 5 heteroatoms. The molecule has 22 heavy (non-hydrogen) atoms. The van der Waals surface area contributed by atoms with E-state index in [-0.39, 0.29) is 6.61 Å². The van der Waals surface area contributed by atoms with Gasteiger partial charge in [0.15, 0.2) is 0 Å². The van der Waals surface area contributed by atoms with Gasteiger partial charge in [0.1, 0.15) is 17.6 Å². The number of benzene rings is 1. The lowest BCUT2D eigenvalue weighted by Crippen LogP contribution is -2.24. The van der Waals surface area contributed by atoms with Crippen LogP contribution in [0.3, 0.4) is 0 Å². The van der Waals surface area contributed by atoms with Gasteiger partial charge in [0.25, 0.3) is 0 Å². The first kappa shape index (κ1) is 15.8. The molecule has 0 fully saturated rings. The molecular weight excluding hydrogens is 296 g/mol. The van der Waals surface area contributed by atoms with Gasteiger partial charge in [0.05, 0.1) is 0 Å². The summed E-state index contributed by atoms with van der Waals surface area (Å²) in [6.45, 7) is 0.785. The molecule has 0 radical (unpaired) electrons. The highest BCUT2D eigenvalue weighted by atomic mass is 32.1. The van der Waals surface area contributed by atoms with Crippen LogP contribution in [0.4, 0.5) is 4.79 Å². The van der Waals surface area contributed by atoms with E-state index in [1.165, 1.54) is 11.3 Å². The zero-order valence-electron chi connectivity index (χ0n) is 12.0. The van der Waals surface area contributed by atoms with Crippen molar-refractivity contribution in [3.05, 3.63) is 63.9 Å². The first-order chi connectivity index (χ1) is 10.8. The van der Waals surface area contributed by atoms with Gasteiger partial charge >= 0.3 is 6.09 Å². The number of nitrogens with zero attached hydrogens (tertiary/aromatic N) is 1. The quantitative estimate of drug-likeness (QED) is 0.822. The van der Waals surface area contributed by atoms with E-state index >= 15 is 0 Å². The summed E-state index contributed by atoms with van der Waals surface area (Å²) in [5.74, 6) is 0. The Labute approximate surface area is 133 Å². The van der Waals surface area contributed by atoms with Crippen molar-refractivity contribution in [3.8, 4) is 6.07 Å². The molecule has 0 aliphatic heterocycles. The monoisotopic (exact) mass is 312 g/mol. The Balaban J connectivity index is 1.62. The smallest absolute Gasteiger partial charge is 0.407 e. The summed E-state index contributed by atoms with van der Waals surface area (Å²) in [5.41, 5.74) is 1.97. The number of thiophene rings is 1. The van der Waals surface area contributed by atoms with Gasteiger partial charge in [-0.15, -0.1) is 11.3 Å². The topological polar surface area (TPSA) is 62.1 Å². The molecule has 1 aromatic heterocycles. The fourth-order valence-electron chi connectivity index (χ4n) is 1.75. The highest BCUT2D eigenvalue weighted by Gasteiger charge is 2.00. The number of nitriles is 1. The van der Waals surface area contributed by atoms with Crippen LogP contribution in [-0.4, -0.2) is 12.6 Å². The second-order valence-electron chi connectivity index (χ2n) is 4.54. The molecule has 2 aromatic rings. The van der Waals surface area contributed by atoms with Crippen molar-refractivity contribution in [3.63, 3.8) is 0 Å². The van der Waals surface area contributed by atoms with Gasteiger partial charge in [-0.05, 0) is 29.0 Å². The zero-order valence-corrected chi connectivity index (χ0v) is 12.8. The molecule has 1 aromatic carbocycles. The van der Waals surface area contributed by atoms with Crippen LogP contribution in [0.2, 0.25) is 0 Å². The summed E-state index contributed by atoms with van der Waals surface area (Å²) in [4.78, 5) is 12.2. The fourth-order valence-corrected chi connectivity index (χ4v) is 2.41. The summed E-state index contributed by atoms with van der Waals surface area (Å²) in [6, 6.07) is 13.5. The number of hydrogen-bond acceptors (Lipinski definition) is 4. The highest BCUT2D eigenvalue weighted by molar-refractivity contribution is 7.10. The van der Waals surface area contributed by atoms with E-state index < -0.39 is 6.09 Å². The van der Waals surface area contributed by atoms with Crippen LogP contribution in [0.25, 0.3) is 6.08 Å². The van der Waals surface area contributed by atoms with Crippen LogP contribution < -0.4 is 5.32 Å². The Morgan fingerprint density at radius 2 is 2.18 bits per heavy atom. The second kappa shape index (κ2) is 8.65. The van der Waals surface area contributed by atoms with Crippen LogP contribution in [0.5, 0.6) is 0 Å². The fraction of sp³-hybridized carbons (Fsp3) is 0.176. The molecule has 0 aliphatic carbocycles. The van der Waals surface area contributed by atoms with Gasteiger partial charge in [-0.3, -0.25) is 0 Å². The van der Waals surface area contributed by atoms with Crippen LogP contribution in [0, 0.1) is 11.3 Å². The predicted octanol–water partition coefficient (Wildman–Crippen LogP) is 3.95. The molecule has 0 unspecified atom stereocenters. The van der Waals surface area contributed by atoms with Gasteiger partial charge in [-0.25, -0.2) is 4.79 Å². The standard InChI is InChI=1S/C17H16N2O2S/c18-11-16-10-15(13-22-16)8-4-5-9-19-17(20)21-12-14-6-2-1-3-7-14/h1-4,6-8,10,13H,5,9,12H2,(H,19,20). The molecule has 1 N–H and O–H groups in total. The van der Waals surface area contributed by atoms with E-state index in [4.69, 9.17) is 10.00 Å². The molecule has 0 spiro atoms. The number of carbonyl (C=O) groups is 1. The van der Waals surface area contributed by atoms with Gasteiger partial charge in [-0.2, -0.15) is 5.26 Å². The number of carbonyl (C=O) groups excluding carboxylic acids is 1. The number of ether oxygens (including phenoxy) is 1. The van der Waals surface area contributed by atoms with E-state index in [2.05, 4.69) is 11.4 Å². The Morgan fingerprint density at radius 3 is 2.91 bits per heavy atom. The summed E-state index contributed by atoms with van der Waals surface area (Å²) >= 11 is 1.42. The maximum absolute atomic E-state index is 11.5. The predicted molar refractivity (Wildman–Crippen MR) is 87.3 cm³/mol. The van der Waals surface area contributed by atoms with Gasteiger partial charge in [-0.1, -0.05) is 42.5 Å². The molecule has 1 heterocycles. The minimum absolute atomic E-state index is 0.272. The zero-order chi connectivity index (χ0) is 15.6. The normalized spacial score (nSPS) is 10.3. The van der Waals surface area contributed by atoms with E-state index in [1.807, 2.05) is 53.9 Å². The van der Waals surface area contributed by atoms with Crippen LogP contribution in [-0.2, 0) is 11.3 Å². The number of alkyl carbamates (subject to hydrolysis) is 1. The second-order valence-corrected chi connectivity index (χ2v) is 5.45. The first-order valence-electron chi connectivity index (χ1n) is 6.87. The Hall–Kier alpha value is -2.58. The van der Waals surface area contributed by atoms with Crippen molar-refractivity contribution >= 4 is 23.5 Å². The molecule has 0 aliphatic rings. The maximum atomic E-state index is 11.5. The molecule has 4 nitrogen and oxygen atoms in total. The van der Waals surface area contributed by atoms with Crippen LogP contribution in [0.1, 0.15) is 22.4 Å². The van der Waals surface area contributed by atoms with Crippen molar-refractivity contribution in [1.82, 2.24) is 5.32 Å². The Bertz CT molecular complexity index is 671. The van der Waals surface area contributed by atoms with E-state index in [9.17, 15) is 4.79 Å². The third-order valence-electron chi connectivity index (χ3n) is 2.83. The van der Waals surface area contributed by atoms with Gasteiger partial charge in [0.2, 0.25) is 0 Å². The lowest BCUT2D eigenvalue weighted by atomic mass is 10.2. The summed E-state index contributed by atoms with van der Waals surface area (Å²) in [7, 11) is 0. The number of hydrogen-bond donors (Lipinski definition) is 1. The molecular formula is C17H16N2O2S. The van der Waals surface area contributed by atoms with Crippen molar-refractivity contribution in [1.29, 1.82) is 5.26 Å². The van der Waals surface area contributed by atoms with Crippen LogP contribution in [0.15, 0.2) is 47.9 Å². The Morgan fingerprint density at radius 1 is 1.36 bits per heavy atom. The Kier molecular flexibility index (Phi) is 6.21. The molecule has 1 amide bonds. The summed E-state index contributed by atoms with van der Waals surface area (Å²) in [5, 5.41) is 13.4. The average Bonchev–Trinajstić information content (AvgIpc) is 3.01. The van der Waals surface area contributed by atoms with E-state index in [0.717, 1.165) is 11.1 Å². The van der Waals surface area contributed by atoms with Gasteiger partial charge < -0.3 is 10.1 Å². The van der Waals surface area contributed by atoms with Crippen molar-refractivity contribution < 1.29 is 9.53 Å². The van der Waals surface area contributed by atoms with E-state index in [1.54, 1.807) is 0 Å². The van der Waals surface area contributed by atoms with Crippen LogP contribution >= 0.6 is 11.3 Å². The number of rotatable bonds is 6. The third-order valence-corrected chi connectivity index (χ3v) is 3.69. The maximum Gasteiger partial charge on any atom is 0.407 e. The molecule has 2 rings (SSSR count). The summed E-state index contributed by atoms with van der Waals surface area (Å²) < 4.78 is 5.10. The third kappa shape index (κ3) is 5.43. The largest absolute Gasteiger partial charge is 0.445 e. The molecule has 0 saturated heterocycles. The lowest BCUT2D eigenvalue weighted by molar-refractivity contribution is 0.140. The SMILES string of the molecule is N#Cc1cc(C=CCCNC(=O)OCc2ccccc2)cs1.